The van der Waals surface area contributed by atoms with Crippen molar-refractivity contribution in [3.05, 3.63) is 225 Å². The Labute approximate surface area is 370 Å². The Bertz CT molecular complexity index is 3380. The molecule has 0 atom stereocenters. The van der Waals surface area contributed by atoms with E-state index in [9.17, 15) is 0 Å². The van der Waals surface area contributed by atoms with Gasteiger partial charge in [-0.2, -0.15) is 0 Å². The van der Waals surface area contributed by atoms with Gasteiger partial charge in [-0.1, -0.05) is 194 Å². The molecule has 0 aliphatic carbocycles. The molecule has 0 saturated carbocycles. The number of fused-ring (bicyclic) bond motifs is 1. The summed E-state index contributed by atoms with van der Waals surface area (Å²) in [5.74, 6) is 3.52. The van der Waals surface area contributed by atoms with Crippen molar-refractivity contribution in [2.24, 2.45) is 0 Å². The first-order chi connectivity index (χ1) is 31.7. The van der Waals surface area contributed by atoms with Gasteiger partial charge in [0.05, 0.1) is 0 Å². The molecule has 0 fully saturated rings. The lowest BCUT2D eigenvalue weighted by atomic mass is 9.84. The summed E-state index contributed by atoms with van der Waals surface area (Å²) in [5, 5.41) is 2.27. The molecule has 300 valence electrons. The normalized spacial score (nSPS) is 11.1. The summed E-state index contributed by atoms with van der Waals surface area (Å²) < 4.78 is 0. The van der Waals surface area contributed by atoms with Crippen LogP contribution in [-0.2, 0) is 0 Å². The average molecular weight is 820 g/mol. The van der Waals surface area contributed by atoms with E-state index in [1.54, 1.807) is 0 Å². The zero-order valence-electron chi connectivity index (χ0n) is 34.5. The molecular formula is C57H37N7. The monoisotopic (exact) mass is 819 g/mol. The Kier molecular flexibility index (Phi) is 10.1. The van der Waals surface area contributed by atoms with Gasteiger partial charge in [0.1, 0.15) is 0 Å². The van der Waals surface area contributed by atoms with Crippen LogP contribution >= 0.6 is 0 Å². The zero-order valence-corrected chi connectivity index (χ0v) is 34.5. The van der Waals surface area contributed by atoms with E-state index in [1.165, 1.54) is 0 Å². The summed E-state index contributed by atoms with van der Waals surface area (Å²) in [7, 11) is 0. The van der Waals surface area contributed by atoms with Crippen LogP contribution in [0.15, 0.2) is 225 Å². The standard InChI is InChI=1S/C57H37N7/c1-4-18-40(19-5-1)52-59-53(41-20-6-2-7-21-41)63-57(62-52)50-28-15-13-26-48(50)51-45(39-33-35-58-36-34-39)29-16-30-47(51)46-25-12-14-27-49(46)56-61-54(42-22-8-3-9-23-42)60-55(64-56)44-32-31-38-17-10-11-24-43(38)37-44/h1-37H. The summed E-state index contributed by atoms with van der Waals surface area (Å²) in [6.07, 6.45) is 3.67. The maximum Gasteiger partial charge on any atom is 0.164 e. The number of nitrogens with zero attached hydrogens (tertiary/aromatic N) is 7. The van der Waals surface area contributed by atoms with E-state index in [0.717, 1.165) is 77.5 Å². The van der Waals surface area contributed by atoms with Crippen molar-refractivity contribution in [1.29, 1.82) is 0 Å². The number of hydrogen-bond acceptors (Lipinski definition) is 7. The van der Waals surface area contributed by atoms with Gasteiger partial charge in [0.2, 0.25) is 0 Å². The van der Waals surface area contributed by atoms with Gasteiger partial charge in [-0.25, -0.2) is 29.9 Å². The second kappa shape index (κ2) is 16.9. The van der Waals surface area contributed by atoms with Crippen molar-refractivity contribution >= 4 is 10.8 Å². The first kappa shape index (κ1) is 38.1. The molecule has 8 aromatic carbocycles. The molecule has 64 heavy (non-hydrogen) atoms. The van der Waals surface area contributed by atoms with Crippen LogP contribution in [0.4, 0.5) is 0 Å². The molecular weight excluding hydrogens is 783 g/mol. The number of rotatable bonds is 9. The van der Waals surface area contributed by atoms with Crippen LogP contribution in [0, 0.1) is 0 Å². The van der Waals surface area contributed by atoms with Crippen molar-refractivity contribution in [2.75, 3.05) is 0 Å². The minimum absolute atomic E-state index is 0.567. The molecule has 11 aromatic rings. The van der Waals surface area contributed by atoms with Crippen LogP contribution in [-0.4, -0.2) is 34.9 Å². The summed E-state index contributed by atoms with van der Waals surface area (Å²) in [4.78, 5) is 35.3. The molecule has 0 amide bonds. The third-order valence-electron chi connectivity index (χ3n) is 11.3. The fraction of sp³-hybridized carbons (Fsp3) is 0. The van der Waals surface area contributed by atoms with Crippen molar-refractivity contribution in [2.45, 2.75) is 0 Å². The topological polar surface area (TPSA) is 90.2 Å². The van der Waals surface area contributed by atoms with E-state index in [1.807, 2.05) is 116 Å². The Morgan fingerprint density at radius 1 is 0.219 bits per heavy atom. The summed E-state index contributed by atoms with van der Waals surface area (Å²) >= 11 is 0. The molecule has 0 bridgehead atoms. The number of aromatic nitrogens is 7. The maximum atomic E-state index is 5.26. The lowest BCUT2D eigenvalue weighted by molar-refractivity contribution is 1.07. The van der Waals surface area contributed by atoms with Crippen LogP contribution in [0.5, 0.6) is 0 Å². The minimum Gasteiger partial charge on any atom is -0.265 e. The molecule has 0 aliphatic heterocycles. The Morgan fingerprint density at radius 3 is 1.19 bits per heavy atom. The van der Waals surface area contributed by atoms with Gasteiger partial charge < -0.3 is 0 Å². The fourth-order valence-corrected chi connectivity index (χ4v) is 8.25. The molecule has 0 N–H and O–H groups in total. The summed E-state index contributed by atoms with van der Waals surface area (Å²) in [5.41, 5.74) is 11.3. The molecule has 0 aliphatic rings. The van der Waals surface area contributed by atoms with Gasteiger partial charge in [-0.15, -0.1) is 0 Å². The van der Waals surface area contributed by atoms with Crippen molar-refractivity contribution in [3.8, 4) is 102 Å². The number of benzene rings is 8. The first-order valence-electron chi connectivity index (χ1n) is 21.1. The van der Waals surface area contributed by atoms with Gasteiger partial charge in [0.25, 0.3) is 0 Å². The maximum absolute atomic E-state index is 5.26. The van der Waals surface area contributed by atoms with E-state index < -0.39 is 0 Å². The van der Waals surface area contributed by atoms with Gasteiger partial charge in [0.15, 0.2) is 34.9 Å². The van der Waals surface area contributed by atoms with Crippen molar-refractivity contribution < 1.29 is 0 Å². The van der Waals surface area contributed by atoms with Crippen molar-refractivity contribution in [3.63, 3.8) is 0 Å². The largest absolute Gasteiger partial charge is 0.265 e. The molecule has 11 rings (SSSR count). The summed E-state index contributed by atoms with van der Waals surface area (Å²) in [6.45, 7) is 0. The average Bonchev–Trinajstić information content (AvgIpc) is 3.39. The Hall–Kier alpha value is -8.81. The molecule has 0 unspecified atom stereocenters. The van der Waals surface area contributed by atoms with E-state index in [-0.39, 0.29) is 0 Å². The SMILES string of the molecule is c1ccc(-c2nc(-c3ccc4ccccc4c3)nc(-c3ccccc3-c3cccc(-c4ccncc4)c3-c3ccccc3-c3nc(-c4ccccc4)nc(-c4ccccc4)n3)n2)cc1. The number of pyridine rings is 1. The highest BCUT2D eigenvalue weighted by Crippen LogP contribution is 2.46. The van der Waals surface area contributed by atoms with Crippen LogP contribution in [0.2, 0.25) is 0 Å². The molecule has 3 heterocycles. The van der Waals surface area contributed by atoms with Gasteiger partial charge in [-0.05, 0) is 62.4 Å². The predicted molar refractivity (Wildman–Crippen MR) is 257 cm³/mol. The smallest absolute Gasteiger partial charge is 0.164 e. The van der Waals surface area contributed by atoms with Crippen LogP contribution in [0.25, 0.3) is 112 Å². The van der Waals surface area contributed by atoms with Crippen LogP contribution < -0.4 is 0 Å². The highest BCUT2D eigenvalue weighted by Gasteiger charge is 2.23. The van der Waals surface area contributed by atoms with Crippen LogP contribution in [0.1, 0.15) is 0 Å². The molecule has 7 nitrogen and oxygen atoms in total. The minimum atomic E-state index is 0.567. The second-order valence-electron chi connectivity index (χ2n) is 15.3. The number of hydrogen-bond donors (Lipinski definition) is 0. The third-order valence-corrected chi connectivity index (χ3v) is 11.3. The quantitative estimate of drug-likeness (QED) is 0.143. The lowest BCUT2D eigenvalue weighted by Crippen LogP contribution is -2.02. The van der Waals surface area contributed by atoms with Crippen LogP contribution in [0.3, 0.4) is 0 Å². The van der Waals surface area contributed by atoms with Gasteiger partial charge in [-0.3, -0.25) is 4.98 Å². The molecule has 7 heteroatoms. The Morgan fingerprint density at radius 2 is 0.625 bits per heavy atom. The molecule has 0 radical (unpaired) electrons. The predicted octanol–water partition coefficient (Wildman–Crippen LogP) is 13.6. The van der Waals surface area contributed by atoms with E-state index in [4.69, 9.17) is 29.9 Å². The van der Waals surface area contributed by atoms with E-state index in [0.29, 0.717) is 34.9 Å². The van der Waals surface area contributed by atoms with Crippen molar-refractivity contribution in [1.82, 2.24) is 34.9 Å². The Balaban J connectivity index is 1.15. The van der Waals surface area contributed by atoms with Gasteiger partial charge >= 0.3 is 0 Å². The van der Waals surface area contributed by atoms with Gasteiger partial charge in [0, 0.05) is 45.8 Å². The van der Waals surface area contributed by atoms with E-state index in [2.05, 4.69) is 114 Å². The highest BCUT2D eigenvalue weighted by atomic mass is 15.0. The highest BCUT2D eigenvalue weighted by molar-refractivity contribution is 6.01. The molecule has 0 saturated heterocycles. The lowest BCUT2D eigenvalue weighted by Gasteiger charge is -2.20. The second-order valence-corrected chi connectivity index (χ2v) is 15.3. The summed E-state index contributed by atoms with van der Waals surface area (Å²) in [6, 6.07) is 72.2. The molecule has 0 spiro atoms. The molecule has 3 aromatic heterocycles. The first-order valence-corrected chi connectivity index (χ1v) is 21.1. The van der Waals surface area contributed by atoms with E-state index >= 15 is 0 Å². The fourth-order valence-electron chi connectivity index (χ4n) is 8.25. The zero-order chi connectivity index (χ0) is 42.7. The third kappa shape index (κ3) is 7.48.